The van der Waals surface area contributed by atoms with Crippen molar-refractivity contribution >= 4 is 11.9 Å². The lowest BCUT2D eigenvalue weighted by atomic mass is 10.00. The second-order valence-corrected chi connectivity index (χ2v) is 4.41. The Bertz CT molecular complexity index is 400. The number of carbonyl (C=O) groups is 2. The first kappa shape index (κ1) is 15.2. The smallest absolute Gasteiger partial charge is 0.324 e. The molecule has 0 fully saturated rings. The molecule has 0 heterocycles. The SMILES string of the molecule is CCCCCCOC(=O)C(C(=O)O)c1ccccc1. The largest absolute Gasteiger partial charge is 0.480 e. The van der Waals surface area contributed by atoms with Crippen LogP contribution in [-0.4, -0.2) is 23.7 Å². The van der Waals surface area contributed by atoms with Crippen molar-refractivity contribution in [3.05, 3.63) is 35.9 Å². The van der Waals surface area contributed by atoms with E-state index in [0.29, 0.717) is 5.56 Å². The highest BCUT2D eigenvalue weighted by molar-refractivity contribution is 5.99. The van der Waals surface area contributed by atoms with Gasteiger partial charge in [-0.25, -0.2) is 0 Å². The molecule has 1 unspecified atom stereocenters. The third-order valence-electron chi connectivity index (χ3n) is 2.86. The van der Waals surface area contributed by atoms with Crippen molar-refractivity contribution in [2.45, 2.75) is 38.5 Å². The van der Waals surface area contributed by atoms with Crippen LogP contribution in [0.5, 0.6) is 0 Å². The van der Waals surface area contributed by atoms with Gasteiger partial charge in [0.05, 0.1) is 6.61 Å². The predicted octanol–water partition coefficient (Wildman–Crippen LogP) is 2.98. The van der Waals surface area contributed by atoms with Crippen LogP contribution in [0, 0.1) is 0 Å². The van der Waals surface area contributed by atoms with Crippen molar-refractivity contribution in [2.24, 2.45) is 0 Å². The fraction of sp³-hybridized carbons (Fsp3) is 0.467. The summed E-state index contributed by atoms with van der Waals surface area (Å²) in [6.07, 6.45) is 3.97. The van der Waals surface area contributed by atoms with E-state index in [0.717, 1.165) is 25.7 Å². The average molecular weight is 264 g/mol. The highest BCUT2D eigenvalue weighted by Crippen LogP contribution is 2.17. The minimum atomic E-state index is -1.23. The van der Waals surface area contributed by atoms with Gasteiger partial charge < -0.3 is 9.84 Å². The molecule has 4 heteroatoms. The van der Waals surface area contributed by atoms with Gasteiger partial charge in [-0.15, -0.1) is 0 Å². The Morgan fingerprint density at radius 3 is 2.42 bits per heavy atom. The molecule has 0 aliphatic heterocycles. The fourth-order valence-corrected chi connectivity index (χ4v) is 1.81. The fourth-order valence-electron chi connectivity index (χ4n) is 1.81. The molecule has 0 bridgehead atoms. The molecule has 1 N–H and O–H groups in total. The molecule has 19 heavy (non-hydrogen) atoms. The topological polar surface area (TPSA) is 63.6 Å². The number of rotatable bonds is 8. The summed E-state index contributed by atoms with van der Waals surface area (Å²) in [5.41, 5.74) is 0.452. The Morgan fingerprint density at radius 1 is 1.16 bits per heavy atom. The third kappa shape index (κ3) is 5.12. The number of benzene rings is 1. The lowest BCUT2D eigenvalue weighted by Crippen LogP contribution is -2.24. The number of carboxylic acids is 1. The average Bonchev–Trinajstić information content (AvgIpc) is 2.39. The van der Waals surface area contributed by atoms with Crippen LogP contribution in [0.1, 0.15) is 44.1 Å². The number of hydrogen-bond acceptors (Lipinski definition) is 3. The van der Waals surface area contributed by atoms with E-state index >= 15 is 0 Å². The summed E-state index contributed by atoms with van der Waals surface area (Å²) in [4.78, 5) is 23.0. The van der Waals surface area contributed by atoms with Gasteiger partial charge in [-0.2, -0.15) is 0 Å². The molecule has 0 amide bonds. The summed E-state index contributed by atoms with van der Waals surface area (Å²) in [5, 5.41) is 9.14. The summed E-state index contributed by atoms with van der Waals surface area (Å²) < 4.78 is 5.05. The maximum Gasteiger partial charge on any atom is 0.324 e. The second kappa shape index (κ2) is 8.29. The molecule has 0 aliphatic rings. The normalized spacial score (nSPS) is 11.8. The molecular weight excluding hydrogens is 244 g/mol. The van der Waals surface area contributed by atoms with Crippen LogP contribution >= 0.6 is 0 Å². The van der Waals surface area contributed by atoms with Crippen molar-refractivity contribution in [1.82, 2.24) is 0 Å². The van der Waals surface area contributed by atoms with E-state index < -0.39 is 17.9 Å². The molecule has 0 aliphatic carbocycles. The van der Waals surface area contributed by atoms with E-state index in [1.165, 1.54) is 0 Å². The number of carbonyl (C=O) groups excluding carboxylic acids is 1. The number of unbranched alkanes of at least 4 members (excludes halogenated alkanes) is 3. The zero-order valence-electron chi connectivity index (χ0n) is 11.2. The van der Waals surface area contributed by atoms with Crippen LogP contribution in [0.15, 0.2) is 30.3 Å². The van der Waals surface area contributed by atoms with Crippen LogP contribution in [0.2, 0.25) is 0 Å². The first-order valence-electron chi connectivity index (χ1n) is 6.61. The van der Waals surface area contributed by atoms with E-state index in [-0.39, 0.29) is 6.61 Å². The van der Waals surface area contributed by atoms with Gasteiger partial charge in [-0.3, -0.25) is 9.59 Å². The minimum absolute atomic E-state index is 0.287. The van der Waals surface area contributed by atoms with E-state index in [2.05, 4.69) is 6.92 Å². The molecule has 104 valence electrons. The van der Waals surface area contributed by atoms with Crippen LogP contribution in [-0.2, 0) is 14.3 Å². The standard InChI is InChI=1S/C15H20O4/c1-2-3-4-8-11-19-15(18)13(14(16)17)12-9-6-5-7-10-12/h5-7,9-10,13H,2-4,8,11H2,1H3,(H,16,17). The maximum absolute atomic E-state index is 11.8. The quantitative estimate of drug-likeness (QED) is 0.445. The van der Waals surface area contributed by atoms with E-state index in [1.807, 2.05) is 0 Å². The van der Waals surface area contributed by atoms with Gasteiger partial charge in [0.1, 0.15) is 0 Å². The van der Waals surface area contributed by atoms with Gasteiger partial charge in [-0.1, -0.05) is 56.5 Å². The first-order chi connectivity index (χ1) is 9.16. The summed E-state index contributed by atoms with van der Waals surface area (Å²) in [5.74, 6) is -3.09. The first-order valence-corrected chi connectivity index (χ1v) is 6.61. The predicted molar refractivity (Wildman–Crippen MR) is 71.9 cm³/mol. The Kier molecular flexibility index (Phi) is 6.64. The number of ether oxygens (including phenoxy) is 1. The van der Waals surface area contributed by atoms with Crippen LogP contribution in [0.25, 0.3) is 0 Å². The van der Waals surface area contributed by atoms with E-state index in [1.54, 1.807) is 30.3 Å². The molecule has 4 nitrogen and oxygen atoms in total. The molecule has 0 saturated carbocycles. The highest BCUT2D eigenvalue weighted by atomic mass is 16.5. The summed E-state index contributed by atoms with van der Waals surface area (Å²) in [6.45, 7) is 2.39. The molecule has 0 radical (unpaired) electrons. The molecule has 1 atom stereocenters. The molecule has 1 rings (SSSR count). The van der Waals surface area contributed by atoms with Gasteiger partial charge in [-0.05, 0) is 12.0 Å². The van der Waals surface area contributed by atoms with Gasteiger partial charge >= 0.3 is 11.9 Å². The van der Waals surface area contributed by atoms with E-state index in [9.17, 15) is 9.59 Å². The second-order valence-electron chi connectivity index (χ2n) is 4.41. The number of aliphatic carboxylic acids is 1. The molecule has 1 aromatic rings. The number of esters is 1. The Balaban J connectivity index is 2.53. The zero-order valence-corrected chi connectivity index (χ0v) is 11.2. The van der Waals surface area contributed by atoms with Gasteiger partial charge in [0, 0.05) is 0 Å². The molecule has 0 spiro atoms. The lowest BCUT2D eigenvalue weighted by Gasteiger charge is -2.12. The zero-order chi connectivity index (χ0) is 14.1. The monoisotopic (exact) mass is 264 g/mol. The van der Waals surface area contributed by atoms with Crippen LogP contribution in [0.4, 0.5) is 0 Å². The van der Waals surface area contributed by atoms with Crippen molar-refractivity contribution < 1.29 is 19.4 Å². The molecular formula is C15H20O4. The third-order valence-corrected chi connectivity index (χ3v) is 2.86. The van der Waals surface area contributed by atoms with Crippen molar-refractivity contribution in [1.29, 1.82) is 0 Å². The highest BCUT2D eigenvalue weighted by Gasteiger charge is 2.29. The van der Waals surface area contributed by atoms with Crippen molar-refractivity contribution in [3.8, 4) is 0 Å². The van der Waals surface area contributed by atoms with Gasteiger partial charge in [0.2, 0.25) is 0 Å². The molecule has 0 saturated heterocycles. The van der Waals surface area contributed by atoms with Gasteiger partial charge in [0.15, 0.2) is 5.92 Å². The van der Waals surface area contributed by atoms with Crippen LogP contribution in [0.3, 0.4) is 0 Å². The summed E-state index contributed by atoms with van der Waals surface area (Å²) in [6, 6.07) is 8.44. The minimum Gasteiger partial charge on any atom is -0.480 e. The molecule has 0 aromatic heterocycles. The summed E-state index contributed by atoms with van der Waals surface area (Å²) >= 11 is 0. The van der Waals surface area contributed by atoms with Crippen molar-refractivity contribution in [2.75, 3.05) is 6.61 Å². The molecule has 1 aromatic carbocycles. The lowest BCUT2D eigenvalue weighted by molar-refractivity contribution is -0.154. The number of hydrogen-bond donors (Lipinski definition) is 1. The maximum atomic E-state index is 11.8. The Morgan fingerprint density at radius 2 is 1.84 bits per heavy atom. The summed E-state index contributed by atoms with van der Waals surface area (Å²) in [7, 11) is 0. The van der Waals surface area contributed by atoms with Crippen molar-refractivity contribution in [3.63, 3.8) is 0 Å². The van der Waals surface area contributed by atoms with E-state index in [4.69, 9.17) is 9.84 Å². The Hall–Kier alpha value is -1.84. The Labute approximate surface area is 113 Å². The van der Waals surface area contributed by atoms with Gasteiger partial charge in [0.25, 0.3) is 0 Å². The number of carboxylic acid groups (broad SMARTS) is 1. The van der Waals surface area contributed by atoms with Crippen LogP contribution < -0.4 is 0 Å².